The van der Waals surface area contributed by atoms with Crippen molar-refractivity contribution >= 4 is 27.8 Å². The molecule has 21 heavy (non-hydrogen) atoms. The van der Waals surface area contributed by atoms with Gasteiger partial charge in [0.2, 0.25) is 5.91 Å². The molecule has 0 bridgehead atoms. The van der Waals surface area contributed by atoms with E-state index in [1.54, 1.807) is 0 Å². The Morgan fingerprint density at radius 1 is 1.38 bits per heavy atom. The van der Waals surface area contributed by atoms with Crippen molar-refractivity contribution in [1.29, 1.82) is 0 Å². The maximum absolute atomic E-state index is 12.5. The summed E-state index contributed by atoms with van der Waals surface area (Å²) in [7, 11) is 1.32. The molecule has 0 heterocycles. The Hall–Kier alpha value is -1.40. The second kappa shape index (κ2) is 6.58. The van der Waals surface area contributed by atoms with E-state index in [2.05, 4.69) is 21.2 Å². The first-order valence-corrected chi connectivity index (χ1v) is 7.59. The summed E-state index contributed by atoms with van der Waals surface area (Å²) in [6.45, 7) is -0.0249. The van der Waals surface area contributed by atoms with E-state index in [9.17, 15) is 9.59 Å². The molecule has 1 aliphatic carbocycles. The Bertz CT molecular complexity index is 525. The normalized spacial score (nSPS) is 17.6. The minimum atomic E-state index is -1.08. The molecule has 1 saturated carbocycles. The standard InChI is InChI=1S/C15H18BrNO4/c1-21-12(13(18)19)9-17-14(20)15(7-2-8-15)10-3-5-11(16)6-4-10/h3-6,12H,2,7-9H2,1H3,(H,17,20)(H,18,19). The van der Waals surface area contributed by atoms with Gasteiger partial charge in [0.25, 0.3) is 0 Å². The van der Waals surface area contributed by atoms with E-state index in [1.807, 2.05) is 24.3 Å². The quantitative estimate of drug-likeness (QED) is 0.819. The Labute approximate surface area is 131 Å². The molecule has 1 aliphatic rings. The zero-order valence-corrected chi connectivity index (χ0v) is 13.4. The van der Waals surface area contributed by atoms with Gasteiger partial charge < -0.3 is 15.2 Å². The van der Waals surface area contributed by atoms with E-state index in [1.165, 1.54) is 7.11 Å². The Kier molecular flexibility index (Phi) is 5.00. The molecule has 114 valence electrons. The molecule has 5 nitrogen and oxygen atoms in total. The molecule has 2 rings (SSSR count). The number of halogens is 1. The first-order chi connectivity index (χ1) is 9.99. The van der Waals surface area contributed by atoms with Gasteiger partial charge in [0.05, 0.1) is 12.0 Å². The van der Waals surface area contributed by atoms with Gasteiger partial charge in [-0.15, -0.1) is 0 Å². The third kappa shape index (κ3) is 3.27. The first kappa shape index (κ1) is 16.0. The van der Waals surface area contributed by atoms with Gasteiger partial charge in [0, 0.05) is 11.6 Å². The van der Waals surface area contributed by atoms with Crippen LogP contribution in [0.1, 0.15) is 24.8 Å². The van der Waals surface area contributed by atoms with Crippen molar-refractivity contribution in [2.24, 2.45) is 0 Å². The molecule has 2 N–H and O–H groups in total. The molecule has 1 aromatic carbocycles. The van der Waals surface area contributed by atoms with E-state index in [0.717, 1.165) is 29.3 Å². The minimum Gasteiger partial charge on any atom is -0.479 e. The first-order valence-electron chi connectivity index (χ1n) is 6.79. The molecule has 1 fully saturated rings. The van der Waals surface area contributed by atoms with E-state index in [4.69, 9.17) is 9.84 Å². The maximum atomic E-state index is 12.5. The lowest BCUT2D eigenvalue weighted by molar-refractivity contribution is -0.148. The van der Waals surface area contributed by atoms with E-state index in [-0.39, 0.29) is 12.5 Å². The average molecular weight is 356 g/mol. The van der Waals surface area contributed by atoms with Gasteiger partial charge in [-0.1, -0.05) is 34.5 Å². The molecule has 6 heteroatoms. The summed E-state index contributed by atoms with van der Waals surface area (Å²) in [5, 5.41) is 11.6. The van der Waals surface area contributed by atoms with Gasteiger partial charge in [-0.3, -0.25) is 4.79 Å². The molecular weight excluding hydrogens is 338 g/mol. The van der Waals surface area contributed by atoms with Crippen molar-refractivity contribution in [3.05, 3.63) is 34.3 Å². The van der Waals surface area contributed by atoms with E-state index >= 15 is 0 Å². The Morgan fingerprint density at radius 2 is 2.00 bits per heavy atom. The lowest BCUT2D eigenvalue weighted by atomic mass is 9.64. The highest BCUT2D eigenvalue weighted by molar-refractivity contribution is 9.10. The van der Waals surface area contributed by atoms with Crippen molar-refractivity contribution in [3.8, 4) is 0 Å². The summed E-state index contributed by atoms with van der Waals surface area (Å²) in [5.74, 6) is -1.21. The van der Waals surface area contributed by atoms with Crippen molar-refractivity contribution in [2.75, 3.05) is 13.7 Å². The monoisotopic (exact) mass is 355 g/mol. The number of nitrogens with one attached hydrogen (secondary N) is 1. The maximum Gasteiger partial charge on any atom is 0.334 e. The number of carbonyl (C=O) groups is 2. The largest absolute Gasteiger partial charge is 0.479 e. The molecule has 0 aromatic heterocycles. The van der Waals surface area contributed by atoms with Gasteiger partial charge in [-0.2, -0.15) is 0 Å². The number of amides is 1. The summed E-state index contributed by atoms with van der Waals surface area (Å²) in [6.07, 6.45) is 1.54. The van der Waals surface area contributed by atoms with Crippen molar-refractivity contribution in [2.45, 2.75) is 30.8 Å². The third-order valence-corrected chi connectivity index (χ3v) is 4.58. The molecule has 1 aromatic rings. The highest BCUT2D eigenvalue weighted by Crippen LogP contribution is 2.44. The SMILES string of the molecule is COC(CNC(=O)C1(c2ccc(Br)cc2)CCC1)C(=O)O. The molecule has 1 atom stereocenters. The van der Waals surface area contributed by atoms with Crippen LogP contribution in [0.2, 0.25) is 0 Å². The number of carboxylic acids is 1. The topological polar surface area (TPSA) is 75.6 Å². The molecule has 1 amide bonds. The molecule has 0 aliphatic heterocycles. The number of rotatable bonds is 6. The molecule has 0 saturated heterocycles. The lowest BCUT2D eigenvalue weighted by Gasteiger charge is -2.41. The molecular formula is C15H18BrNO4. The summed E-state index contributed by atoms with van der Waals surface area (Å²) < 4.78 is 5.79. The molecule has 0 radical (unpaired) electrons. The second-order valence-corrected chi connectivity index (χ2v) is 6.13. The van der Waals surface area contributed by atoms with Crippen molar-refractivity contribution < 1.29 is 19.4 Å². The molecule has 0 spiro atoms. The van der Waals surface area contributed by atoms with Crippen LogP contribution in [0.4, 0.5) is 0 Å². The van der Waals surface area contributed by atoms with Crippen LogP contribution in [-0.4, -0.2) is 36.7 Å². The third-order valence-electron chi connectivity index (χ3n) is 4.05. The highest BCUT2D eigenvalue weighted by atomic mass is 79.9. The van der Waals surface area contributed by atoms with Crippen LogP contribution >= 0.6 is 15.9 Å². The van der Waals surface area contributed by atoms with Crippen LogP contribution in [0.5, 0.6) is 0 Å². The Morgan fingerprint density at radius 3 is 2.43 bits per heavy atom. The van der Waals surface area contributed by atoms with Gasteiger partial charge in [0.15, 0.2) is 6.10 Å². The number of ether oxygens (including phenoxy) is 1. The summed E-state index contributed by atoms with van der Waals surface area (Å²) in [5.41, 5.74) is 0.441. The van der Waals surface area contributed by atoms with Gasteiger partial charge in [-0.05, 0) is 30.5 Å². The number of hydrogen-bond acceptors (Lipinski definition) is 3. The number of carboxylic acid groups (broad SMARTS) is 1. The van der Waals surface area contributed by atoms with Crippen molar-refractivity contribution in [3.63, 3.8) is 0 Å². The highest BCUT2D eigenvalue weighted by Gasteiger charge is 2.45. The summed E-state index contributed by atoms with van der Waals surface area (Å²) in [4.78, 5) is 23.4. The van der Waals surface area contributed by atoms with Crippen LogP contribution < -0.4 is 5.32 Å². The predicted molar refractivity (Wildman–Crippen MR) is 81.1 cm³/mol. The number of aliphatic carboxylic acids is 1. The predicted octanol–water partition coefficient (Wildman–Crippen LogP) is 2.09. The van der Waals surface area contributed by atoms with Gasteiger partial charge in [-0.25, -0.2) is 4.79 Å². The summed E-state index contributed by atoms with van der Waals surface area (Å²) in [6, 6.07) is 7.71. The number of methoxy groups -OCH3 is 1. The summed E-state index contributed by atoms with van der Waals surface area (Å²) >= 11 is 3.38. The van der Waals surface area contributed by atoms with E-state index < -0.39 is 17.5 Å². The van der Waals surface area contributed by atoms with E-state index in [0.29, 0.717) is 0 Å². The van der Waals surface area contributed by atoms with Crippen molar-refractivity contribution in [1.82, 2.24) is 5.32 Å². The average Bonchev–Trinajstić information content (AvgIpc) is 2.40. The number of carbonyl (C=O) groups excluding carboxylic acids is 1. The molecule has 1 unspecified atom stereocenters. The van der Waals surface area contributed by atoms with Crippen LogP contribution in [-0.2, 0) is 19.7 Å². The number of benzene rings is 1. The zero-order chi connectivity index (χ0) is 15.5. The smallest absolute Gasteiger partial charge is 0.334 e. The lowest BCUT2D eigenvalue weighted by Crippen LogP contribution is -2.51. The fraction of sp³-hybridized carbons (Fsp3) is 0.467. The Balaban J connectivity index is 2.08. The van der Waals surface area contributed by atoms with Gasteiger partial charge >= 0.3 is 5.97 Å². The fourth-order valence-electron chi connectivity index (χ4n) is 2.57. The van der Waals surface area contributed by atoms with Crippen LogP contribution in [0.3, 0.4) is 0 Å². The second-order valence-electron chi connectivity index (χ2n) is 5.22. The zero-order valence-electron chi connectivity index (χ0n) is 11.8. The van der Waals surface area contributed by atoms with Crippen LogP contribution in [0.15, 0.2) is 28.7 Å². The van der Waals surface area contributed by atoms with Crippen LogP contribution in [0.25, 0.3) is 0 Å². The fourth-order valence-corrected chi connectivity index (χ4v) is 2.84. The minimum absolute atomic E-state index is 0.0249. The number of hydrogen-bond donors (Lipinski definition) is 2. The van der Waals surface area contributed by atoms with Crippen LogP contribution in [0, 0.1) is 0 Å². The van der Waals surface area contributed by atoms with Gasteiger partial charge in [0.1, 0.15) is 0 Å².